The van der Waals surface area contributed by atoms with E-state index in [0.29, 0.717) is 6.54 Å². The van der Waals surface area contributed by atoms with Gasteiger partial charge in [-0.05, 0) is 34.9 Å². The van der Waals surface area contributed by atoms with Crippen molar-refractivity contribution < 1.29 is 19.1 Å². The van der Waals surface area contributed by atoms with Gasteiger partial charge in [0.15, 0.2) is 11.5 Å². The molecule has 28 heavy (non-hydrogen) atoms. The van der Waals surface area contributed by atoms with Crippen LogP contribution < -0.4 is 0 Å². The number of furan rings is 1. The molecule has 0 bridgehead atoms. The Bertz CT molecular complexity index is 1060. The minimum absolute atomic E-state index is 0.0763. The van der Waals surface area contributed by atoms with E-state index in [9.17, 15) is 14.7 Å². The summed E-state index contributed by atoms with van der Waals surface area (Å²) in [6.07, 6.45) is 3.08. The molecule has 0 aliphatic carbocycles. The number of ketones is 1. The molecule has 2 heterocycles. The number of fused-ring (bicyclic) bond motifs is 1. The van der Waals surface area contributed by atoms with Crippen LogP contribution in [-0.4, -0.2) is 28.2 Å². The summed E-state index contributed by atoms with van der Waals surface area (Å²) in [6.45, 7) is 2.50. The number of hydrogen-bond donors (Lipinski definition) is 1. The third-order valence-electron chi connectivity index (χ3n) is 5.16. The predicted octanol–water partition coefficient (Wildman–Crippen LogP) is 4.81. The maximum atomic E-state index is 13.1. The summed E-state index contributed by atoms with van der Waals surface area (Å²) >= 11 is 0. The average Bonchev–Trinajstić information content (AvgIpc) is 3.34. The largest absolute Gasteiger partial charge is 0.503 e. The molecule has 4 rings (SSSR count). The first-order valence-corrected chi connectivity index (χ1v) is 9.43. The monoisotopic (exact) mass is 375 g/mol. The Morgan fingerprint density at radius 1 is 1.11 bits per heavy atom. The van der Waals surface area contributed by atoms with Gasteiger partial charge in [-0.3, -0.25) is 9.59 Å². The van der Waals surface area contributed by atoms with E-state index in [1.54, 1.807) is 17.0 Å². The zero-order valence-corrected chi connectivity index (χ0v) is 15.6. The van der Waals surface area contributed by atoms with Gasteiger partial charge in [0.1, 0.15) is 0 Å². The first-order valence-electron chi connectivity index (χ1n) is 9.43. The summed E-state index contributed by atoms with van der Waals surface area (Å²) in [5, 5.41) is 12.6. The maximum Gasteiger partial charge on any atom is 0.290 e. The van der Waals surface area contributed by atoms with Crippen LogP contribution in [0.3, 0.4) is 0 Å². The number of aliphatic hydroxyl groups excluding tert-OH is 1. The van der Waals surface area contributed by atoms with Crippen LogP contribution in [0.15, 0.2) is 76.6 Å². The van der Waals surface area contributed by atoms with E-state index in [1.165, 1.54) is 6.26 Å². The number of Topliss-reactive ketones (excluding diaryl/α,β-unsaturated/α-hetero) is 1. The van der Waals surface area contributed by atoms with Crippen LogP contribution in [0.5, 0.6) is 0 Å². The second-order valence-electron chi connectivity index (χ2n) is 6.89. The van der Waals surface area contributed by atoms with Crippen LogP contribution in [0, 0.1) is 0 Å². The molecule has 1 atom stereocenters. The van der Waals surface area contributed by atoms with Crippen LogP contribution in [0.2, 0.25) is 0 Å². The fourth-order valence-corrected chi connectivity index (χ4v) is 3.80. The molecule has 1 aliphatic rings. The third-order valence-corrected chi connectivity index (χ3v) is 5.16. The van der Waals surface area contributed by atoms with Gasteiger partial charge in [-0.25, -0.2) is 0 Å². The van der Waals surface area contributed by atoms with Gasteiger partial charge in [0.05, 0.1) is 17.9 Å². The lowest BCUT2D eigenvalue weighted by Gasteiger charge is -2.27. The molecule has 5 nitrogen and oxygen atoms in total. The van der Waals surface area contributed by atoms with E-state index in [0.717, 1.165) is 29.2 Å². The van der Waals surface area contributed by atoms with Crippen molar-refractivity contribution in [1.29, 1.82) is 0 Å². The van der Waals surface area contributed by atoms with Crippen molar-refractivity contribution in [3.63, 3.8) is 0 Å². The van der Waals surface area contributed by atoms with E-state index in [4.69, 9.17) is 4.42 Å². The van der Waals surface area contributed by atoms with E-state index >= 15 is 0 Å². The molecule has 2 aromatic carbocycles. The molecular weight excluding hydrogens is 354 g/mol. The number of aliphatic hydroxyl groups is 1. The SMILES string of the molecule is CCCCN1C(=O)C(O)=C(C(=O)c2ccco2)C1c1cccc2ccccc12. The molecular formula is C23H21NO4. The van der Waals surface area contributed by atoms with Crippen molar-refractivity contribution >= 4 is 22.5 Å². The van der Waals surface area contributed by atoms with Crippen molar-refractivity contribution in [2.45, 2.75) is 25.8 Å². The zero-order chi connectivity index (χ0) is 19.7. The molecule has 0 saturated heterocycles. The predicted molar refractivity (Wildman–Crippen MR) is 106 cm³/mol. The number of rotatable bonds is 6. The maximum absolute atomic E-state index is 13.1. The fraction of sp³-hybridized carbons (Fsp3) is 0.217. The van der Waals surface area contributed by atoms with Gasteiger partial charge < -0.3 is 14.4 Å². The number of carbonyl (C=O) groups is 2. The Kier molecular flexibility index (Phi) is 4.74. The second kappa shape index (κ2) is 7.35. The number of unbranched alkanes of at least 4 members (excludes halogenated alkanes) is 1. The lowest BCUT2D eigenvalue weighted by Crippen LogP contribution is -2.32. The molecule has 5 heteroatoms. The molecule has 3 aromatic rings. The molecule has 1 unspecified atom stereocenters. The van der Waals surface area contributed by atoms with Crippen molar-refractivity contribution in [2.75, 3.05) is 6.54 Å². The van der Waals surface area contributed by atoms with Crippen LogP contribution in [-0.2, 0) is 4.79 Å². The van der Waals surface area contributed by atoms with Crippen molar-refractivity contribution in [1.82, 2.24) is 4.90 Å². The highest BCUT2D eigenvalue weighted by Gasteiger charge is 2.44. The Labute approximate surface area is 162 Å². The summed E-state index contributed by atoms with van der Waals surface area (Å²) in [6, 6.07) is 16.1. The van der Waals surface area contributed by atoms with E-state index in [2.05, 4.69) is 0 Å². The van der Waals surface area contributed by atoms with Crippen molar-refractivity contribution in [3.05, 3.63) is 83.5 Å². The molecule has 1 aromatic heterocycles. The smallest absolute Gasteiger partial charge is 0.290 e. The van der Waals surface area contributed by atoms with Gasteiger partial charge in [0.2, 0.25) is 5.78 Å². The third kappa shape index (κ3) is 2.89. The minimum Gasteiger partial charge on any atom is -0.503 e. The number of carbonyl (C=O) groups excluding carboxylic acids is 2. The number of benzene rings is 2. The Morgan fingerprint density at radius 2 is 1.89 bits per heavy atom. The summed E-state index contributed by atoms with van der Waals surface area (Å²) in [4.78, 5) is 27.6. The molecule has 0 fully saturated rings. The second-order valence-corrected chi connectivity index (χ2v) is 6.89. The molecule has 0 radical (unpaired) electrons. The average molecular weight is 375 g/mol. The summed E-state index contributed by atoms with van der Waals surface area (Å²) in [7, 11) is 0. The lowest BCUT2D eigenvalue weighted by atomic mass is 9.91. The van der Waals surface area contributed by atoms with Crippen LogP contribution in [0.1, 0.15) is 41.9 Å². The van der Waals surface area contributed by atoms with Gasteiger partial charge in [0, 0.05) is 6.54 Å². The number of nitrogens with zero attached hydrogens (tertiary/aromatic N) is 1. The van der Waals surface area contributed by atoms with Crippen LogP contribution >= 0.6 is 0 Å². The number of amides is 1. The normalized spacial score (nSPS) is 17.0. The standard InChI is InChI=1S/C23H21NO4/c1-2-3-13-24-20(17-11-6-9-15-8-4-5-10-16(15)17)19(22(26)23(24)27)21(25)18-12-7-14-28-18/h4-12,14,20,26H,2-3,13H2,1H3. The van der Waals surface area contributed by atoms with E-state index < -0.39 is 23.5 Å². The summed E-state index contributed by atoms with van der Waals surface area (Å²) in [5.74, 6) is -1.36. The van der Waals surface area contributed by atoms with Gasteiger partial charge in [0.25, 0.3) is 5.91 Å². The highest BCUT2D eigenvalue weighted by Crippen LogP contribution is 2.41. The Morgan fingerprint density at radius 3 is 2.64 bits per heavy atom. The molecule has 0 saturated carbocycles. The van der Waals surface area contributed by atoms with E-state index in [-0.39, 0.29) is 11.3 Å². The summed E-state index contributed by atoms with van der Waals surface area (Å²) in [5.41, 5.74) is 0.897. The topological polar surface area (TPSA) is 70.8 Å². The highest BCUT2D eigenvalue weighted by molar-refractivity contribution is 6.15. The van der Waals surface area contributed by atoms with Gasteiger partial charge in [-0.1, -0.05) is 55.8 Å². The highest BCUT2D eigenvalue weighted by atomic mass is 16.3. The minimum atomic E-state index is -0.650. The van der Waals surface area contributed by atoms with Crippen LogP contribution in [0.4, 0.5) is 0 Å². The zero-order valence-electron chi connectivity index (χ0n) is 15.6. The molecule has 1 amide bonds. The van der Waals surface area contributed by atoms with Crippen LogP contribution in [0.25, 0.3) is 10.8 Å². The van der Waals surface area contributed by atoms with Gasteiger partial charge >= 0.3 is 0 Å². The van der Waals surface area contributed by atoms with Crippen molar-refractivity contribution in [2.24, 2.45) is 0 Å². The first kappa shape index (κ1) is 18.0. The number of hydrogen-bond acceptors (Lipinski definition) is 4. The molecule has 142 valence electrons. The van der Waals surface area contributed by atoms with Gasteiger partial charge in [-0.15, -0.1) is 0 Å². The molecule has 0 spiro atoms. The van der Waals surface area contributed by atoms with Gasteiger partial charge in [-0.2, -0.15) is 0 Å². The molecule has 1 aliphatic heterocycles. The molecule has 1 N–H and O–H groups in total. The first-order chi connectivity index (χ1) is 13.6. The van der Waals surface area contributed by atoms with E-state index in [1.807, 2.05) is 49.4 Å². The van der Waals surface area contributed by atoms with Crippen molar-refractivity contribution in [3.8, 4) is 0 Å². The quantitative estimate of drug-likeness (QED) is 0.628. The summed E-state index contributed by atoms with van der Waals surface area (Å²) < 4.78 is 5.25. The lowest BCUT2D eigenvalue weighted by molar-refractivity contribution is -0.129. The Balaban J connectivity index is 1.90. The Hall–Kier alpha value is -3.34. The fourth-order valence-electron chi connectivity index (χ4n) is 3.80.